The van der Waals surface area contributed by atoms with E-state index in [1.165, 1.54) is 6.07 Å². The minimum atomic E-state index is -1.19. The molecule has 0 aliphatic carbocycles. The van der Waals surface area contributed by atoms with E-state index < -0.39 is 17.7 Å². The summed E-state index contributed by atoms with van der Waals surface area (Å²) in [5.74, 6) is -0.859. The summed E-state index contributed by atoms with van der Waals surface area (Å²) in [6.45, 7) is 0.539. The van der Waals surface area contributed by atoms with E-state index in [0.29, 0.717) is 17.9 Å². The molecule has 2 aromatic carbocycles. The van der Waals surface area contributed by atoms with Crippen molar-refractivity contribution < 1.29 is 18.6 Å². The zero-order valence-corrected chi connectivity index (χ0v) is 12.0. The van der Waals surface area contributed by atoms with Gasteiger partial charge in [0, 0.05) is 28.1 Å². The Kier molecular flexibility index (Phi) is 3.48. The molecule has 1 aliphatic rings. The maximum Gasteiger partial charge on any atom is 0.132 e. The summed E-state index contributed by atoms with van der Waals surface area (Å²) < 4.78 is 33.0. The van der Waals surface area contributed by atoms with Gasteiger partial charge in [0.25, 0.3) is 0 Å². The van der Waals surface area contributed by atoms with Crippen molar-refractivity contribution in [2.45, 2.75) is 12.5 Å². The van der Waals surface area contributed by atoms with Gasteiger partial charge < -0.3 is 9.84 Å². The Bertz CT molecular complexity index is 673. The largest absolute Gasteiger partial charge is 0.493 e. The molecule has 1 atom stereocenters. The molecule has 5 heteroatoms. The standard InChI is InChI=1S/C15H11BrF2O2/c16-9-5-8-3-4-20-15(8)12(6-9)14(19)11-2-1-10(17)7-13(11)18/h1-2,5-7,14,19H,3-4H2. The Labute approximate surface area is 123 Å². The lowest BCUT2D eigenvalue weighted by atomic mass is 9.98. The van der Waals surface area contributed by atoms with Crippen LogP contribution in [-0.4, -0.2) is 11.7 Å². The van der Waals surface area contributed by atoms with Gasteiger partial charge in [-0.25, -0.2) is 8.78 Å². The summed E-state index contributed by atoms with van der Waals surface area (Å²) >= 11 is 3.37. The first kappa shape index (κ1) is 13.5. The molecule has 0 spiro atoms. The Hall–Kier alpha value is -1.46. The summed E-state index contributed by atoms with van der Waals surface area (Å²) in [4.78, 5) is 0. The molecule has 0 amide bonds. The second-order valence-electron chi connectivity index (χ2n) is 4.65. The molecule has 1 aliphatic heterocycles. The van der Waals surface area contributed by atoms with Crippen LogP contribution >= 0.6 is 15.9 Å². The highest BCUT2D eigenvalue weighted by Gasteiger charge is 2.24. The maximum absolute atomic E-state index is 13.8. The summed E-state index contributed by atoms with van der Waals surface area (Å²) in [6, 6.07) is 6.74. The Morgan fingerprint density at radius 3 is 2.70 bits per heavy atom. The van der Waals surface area contributed by atoms with Crippen LogP contribution in [0.25, 0.3) is 0 Å². The van der Waals surface area contributed by atoms with Crippen LogP contribution in [0, 0.1) is 11.6 Å². The van der Waals surface area contributed by atoms with Crippen LogP contribution in [0.4, 0.5) is 8.78 Å². The Morgan fingerprint density at radius 1 is 1.15 bits per heavy atom. The van der Waals surface area contributed by atoms with Crippen LogP contribution in [0.2, 0.25) is 0 Å². The highest BCUT2D eigenvalue weighted by Crippen LogP contribution is 2.39. The third-order valence-electron chi connectivity index (χ3n) is 3.33. The van der Waals surface area contributed by atoms with E-state index in [0.717, 1.165) is 28.6 Å². The Morgan fingerprint density at radius 2 is 1.95 bits per heavy atom. The van der Waals surface area contributed by atoms with Crippen molar-refractivity contribution in [3.8, 4) is 5.75 Å². The highest BCUT2D eigenvalue weighted by molar-refractivity contribution is 9.10. The van der Waals surface area contributed by atoms with Gasteiger partial charge in [-0.2, -0.15) is 0 Å². The van der Waals surface area contributed by atoms with Gasteiger partial charge >= 0.3 is 0 Å². The first-order chi connectivity index (χ1) is 9.56. The van der Waals surface area contributed by atoms with Gasteiger partial charge in [-0.15, -0.1) is 0 Å². The lowest BCUT2D eigenvalue weighted by Gasteiger charge is -2.16. The molecule has 0 saturated carbocycles. The molecule has 2 nitrogen and oxygen atoms in total. The fourth-order valence-electron chi connectivity index (χ4n) is 2.39. The first-order valence-electron chi connectivity index (χ1n) is 6.14. The van der Waals surface area contributed by atoms with E-state index in [1.54, 1.807) is 6.07 Å². The van der Waals surface area contributed by atoms with E-state index in [9.17, 15) is 13.9 Å². The molecule has 2 aromatic rings. The topological polar surface area (TPSA) is 29.5 Å². The van der Waals surface area contributed by atoms with Crippen molar-refractivity contribution in [3.63, 3.8) is 0 Å². The average Bonchev–Trinajstić information content (AvgIpc) is 2.85. The fraction of sp³-hybridized carbons (Fsp3) is 0.200. The predicted molar refractivity (Wildman–Crippen MR) is 73.8 cm³/mol. The van der Waals surface area contributed by atoms with Gasteiger partial charge in [0.15, 0.2) is 0 Å². The summed E-state index contributed by atoms with van der Waals surface area (Å²) in [6.07, 6.45) is -0.444. The average molecular weight is 341 g/mol. The molecule has 20 heavy (non-hydrogen) atoms. The molecular formula is C15H11BrF2O2. The maximum atomic E-state index is 13.8. The van der Waals surface area contributed by atoms with Gasteiger partial charge in [-0.3, -0.25) is 0 Å². The molecule has 1 heterocycles. The van der Waals surface area contributed by atoms with Gasteiger partial charge in [-0.1, -0.05) is 22.0 Å². The first-order valence-corrected chi connectivity index (χ1v) is 6.93. The zero-order valence-electron chi connectivity index (χ0n) is 10.4. The third-order valence-corrected chi connectivity index (χ3v) is 3.79. The van der Waals surface area contributed by atoms with Gasteiger partial charge in [0.05, 0.1) is 6.61 Å². The van der Waals surface area contributed by atoms with Crippen molar-refractivity contribution >= 4 is 15.9 Å². The monoisotopic (exact) mass is 340 g/mol. The molecule has 1 unspecified atom stereocenters. The van der Waals surface area contributed by atoms with Crippen LogP contribution in [0.1, 0.15) is 22.8 Å². The molecule has 0 radical (unpaired) electrons. The second-order valence-corrected chi connectivity index (χ2v) is 5.57. The smallest absolute Gasteiger partial charge is 0.132 e. The van der Waals surface area contributed by atoms with Crippen molar-refractivity contribution in [2.24, 2.45) is 0 Å². The number of halogens is 3. The number of benzene rings is 2. The van der Waals surface area contributed by atoms with Crippen LogP contribution in [0.15, 0.2) is 34.8 Å². The van der Waals surface area contributed by atoms with Gasteiger partial charge in [-0.05, 0) is 23.8 Å². The van der Waals surface area contributed by atoms with Crippen molar-refractivity contribution in [2.75, 3.05) is 6.61 Å². The normalized spacial score (nSPS) is 14.8. The van der Waals surface area contributed by atoms with Crippen LogP contribution in [0.3, 0.4) is 0 Å². The number of rotatable bonds is 2. The number of aliphatic hydroxyl groups is 1. The van der Waals surface area contributed by atoms with Crippen molar-refractivity contribution in [1.82, 2.24) is 0 Å². The third kappa shape index (κ3) is 2.31. The van der Waals surface area contributed by atoms with E-state index in [4.69, 9.17) is 4.74 Å². The van der Waals surface area contributed by atoms with E-state index in [-0.39, 0.29) is 5.56 Å². The Balaban J connectivity index is 2.09. The van der Waals surface area contributed by atoms with Gasteiger partial charge in [0.1, 0.15) is 23.5 Å². The van der Waals surface area contributed by atoms with Crippen LogP contribution < -0.4 is 4.74 Å². The number of hydrogen-bond acceptors (Lipinski definition) is 2. The number of hydrogen-bond donors (Lipinski definition) is 1. The lowest BCUT2D eigenvalue weighted by Crippen LogP contribution is -2.05. The van der Waals surface area contributed by atoms with E-state index in [2.05, 4.69) is 15.9 Å². The minimum Gasteiger partial charge on any atom is -0.493 e. The molecular weight excluding hydrogens is 330 g/mol. The highest BCUT2D eigenvalue weighted by atomic mass is 79.9. The fourth-order valence-corrected chi connectivity index (χ4v) is 2.91. The summed E-state index contributed by atoms with van der Waals surface area (Å²) in [7, 11) is 0. The predicted octanol–water partition coefficient (Wildman–Crippen LogP) is 3.74. The zero-order chi connectivity index (χ0) is 14.3. The van der Waals surface area contributed by atoms with Crippen LogP contribution in [0.5, 0.6) is 5.75 Å². The summed E-state index contributed by atoms with van der Waals surface area (Å²) in [5.41, 5.74) is 1.48. The van der Waals surface area contributed by atoms with E-state index in [1.807, 2.05) is 6.07 Å². The molecule has 0 fully saturated rings. The number of ether oxygens (including phenoxy) is 1. The molecule has 1 N–H and O–H groups in total. The number of aliphatic hydroxyl groups excluding tert-OH is 1. The SMILES string of the molecule is OC(c1ccc(F)cc1F)c1cc(Br)cc2c1OCC2. The van der Waals surface area contributed by atoms with Gasteiger partial charge in [0.2, 0.25) is 0 Å². The number of fused-ring (bicyclic) bond motifs is 1. The molecule has 0 aromatic heterocycles. The summed E-state index contributed by atoms with van der Waals surface area (Å²) in [5, 5.41) is 10.4. The van der Waals surface area contributed by atoms with Crippen LogP contribution in [-0.2, 0) is 6.42 Å². The quantitative estimate of drug-likeness (QED) is 0.902. The minimum absolute atomic E-state index is 0.0298. The van der Waals surface area contributed by atoms with Crippen molar-refractivity contribution in [3.05, 3.63) is 63.1 Å². The molecule has 0 bridgehead atoms. The lowest BCUT2D eigenvalue weighted by molar-refractivity contribution is 0.208. The molecule has 3 rings (SSSR count). The molecule has 104 valence electrons. The second kappa shape index (κ2) is 5.14. The molecule has 0 saturated heterocycles. The van der Waals surface area contributed by atoms with Crippen molar-refractivity contribution in [1.29, 1.82) is 0 Å². The van der Waals surface area contributed by atoms with E-state index >= 15 is 0 Å².